The first-order valence-corrected chi connectivity index (χ1v) is 8.87. The first kappa shape index (κ1) is 18.4. The number of ether oxygens (including phenoxy) is 1. The van der Waals surface area contributed by atoms with E-state index in [1.54, 1.807) is 18.2 Å². The standard InChI is InChI=1S/C20H24FN3O2/c21-18-8-4-5-9-19(18)22-20(25)16-24-12-10-23(11-13-24)14-15-26-17-6-2-1-3-7-17/h1-9H,10-16H2,(H,22,25). The van der Waals surface area contributed by atoms with E-state index in [0.29, 0.717) is 6.61 Å². The van der Waals surface area contributed by atoms with E-state index in [9.17, 15) is 9.18 Å². The number of halogens is 1. The van der Waals surface area contributed by atoms with Gasteiger partial charge in [0.15, 0.2) is 0 Å². The van der Waals surface area contributed by atoms with Crippen molar-refractivity contribution in [1.29, 1.82) is 0 Å². The number of hydrogen-bond donors (Lipinski definition) is 1. The first-order valence-electron chi connectivity index (χ1n) is 8.87. The molecule has 2 aromatic carbocycles. The minimum absolute atomic E-state index is 0.184. The van der Waals surface area contributed by atoms with Crippen LogP contribution in [0.15, 0.2) is 54.6 Å². The van der Waals surface area contributed by atoms with E-state index < -0.39 is 5.82 Å². The Kier molecular flexibility index (Phi) is 6.57. The SMILES string of the molecule is O=C(CN1CCN(CCOc2ccccc2)CC1)Nc1ccccc1F. The zero-order valence-electron chi connectivity index (χ0n) is 14.7. The molecule has 1 amide bonds. The lowest BCUT2D eigenvalue weighted by atomic mass is 10.3. The van der Waals surface area contributed by atoms with Crippen molar-refractivity contribution in [1.82, 2.24) is 9.80 Å². The Morgan fingerprint density at radius 3 is 2.35 bits per heavy atom. The summed E-state index contributed by atoms with van der Waals surface area (Å²) in [5, 5.41) is 2.63. The fraction of sp³-hybridized carbons (Fsp3) is 0.350. The lowest BCUT2D eigenvalue weighted by molar-refractivity contribution is -0.117. The third-order valence-corrected chi connectivity index (χ3v) is 4.40. The fourth-order valence-electron chi connectivity index (χ4n) is 2.94. The third kappa shape index (κ3) is 5.54. The van der Waals surface area contributed by atoms with Crippen LogP contribution < -0.4 is 10.1 Å². The second kappa shape index (κ2) is 9.31. The van der Waals surface area contributed by atoms with Gasteiger partial charge in [-0.1, -0.05) is 30.3 Å². The maximum atomic E-state index is 13.6. The van der Waals surface area contributed by atoms with Crippen LogP contribution in [0.5, 0.6) is 5.75 Å². The summed E-state index contributed by atoms with van der Waals surface area (Å²) in [6.45, 7) is 5.22. The molecule has 1 aliphatic heterocycles. The quantitative estimate of drug-likeness (QED) is 0.827. The Morgan fingerprint density at radius 2 is 1.62 bits per heavy atom. The second-order valence-electron chi connectivity index (χ2n) is 6.31. The topological polar surface area (TPSA) is 44.8 Å². The summed E-state index contributed by atoms with van der Waals surface area (Å²) in [4.78, 5) is 16.5. The van der Waals surface area contributed by atoms with Crippen LogP contribution in [0.2, 0.25) is 0 Å². The summed E-state index contributed by atoms with van der Waals surface area (Å²) in [5.41, 5.74) is 0.231. The zero-order chi connectivity index (χ0) is 18.2. The van der Waals surface area contributed by atoms with Gasteiger partial charge in [-0.3, -0.25) is 14.6 Å². The van der Waals surface area contributed by atoms with Crippen molar-refractivity contribution in [3.8, 4) is 5.75 Å². The Morgan fingerprint density at radius 1 is 0.962 bits per heavy atom. The fourth-order valence-corrected chi connectivity index (χ4v) is 2.94. The first-order chi connectivity index (χ1) is 12.7. The Balaban J connectivity index is 1.34. The van der Waals surface area contributed by atoms with Gasteiger partial charge in [0.2, 0.25) is 5.91 Å². The molecule has 0 bridgehead atoms. The molecule has 0 aliphatic carbocycles. The summed E-state index contributed by atoms with van der Waals surface area (Å²) < 4.78 is 19.3. The predicted octanol–water partition coefficient (Wildman–Crippen LogP) is 2.46. The van der Waals surface area contributed by atoms with E-state index in [2.05, 4.69) is 15.1 Å². The molecule has 1 N–H and O–H groups in total. The van der Waals surface area contributed by atoms with Gasteiger partial charge >= 0.3 is 0 Å². The molecule has 1 fully saturated rings. The molecule has 0 aromatic heterocycles. The van der Waals surface area contributed by atoms with Crippen LogP contribution >= 0.6 is 0 Å². The largest absolute Gasteiger partial charge is 0.492 e. The van der Waals surface area contributed by atoms with Gasteiger partial charge in [0.25, 0.3) is 0 Å². The number of carbonyl (C=O) groups excluding carboxylic acids is 1. The molecule has 0 radical (unpaired) electrons. The average Bonchev–Trinajstić information content (AvgIpc) is 2.66. The molecule has 6 heteroatoms. The number of anilines is 1. The average molecular weight is 357 g/mol. The normalized spacial score (nSPS) is 15.6. The summed E-state index contributed by atoms with van der Waals surface area (Å²) in [7, 11) is 0. The van der Waals surface area contributed by atoms with Gasteiger partial charge in [0.1, 0.15) is 18.2 Å². The van der Waals surface area contributed by atoms with Gasteiger partial charge in [-0.25, -0.2) is 4.39 Å². The van der Waals surface area contributed by atoms with Crippen molar-refractivity contribution >= 4 is 11.6 Å². The Hall–Kier alpha value is -2.44. The summed E-state index contributed by atoms with van der Waals surface area (Å²) in [5.74, 6) is 0.288. The minimum Gasteiger partial charge on any atom is -0.492 e. The molecule has 0 unspecified atom stereocenters. The number of carbonyl (C=O) groups is 1. The lowest BCUT2D eigenvalue weighted by Crippen LogP contribution is -2.49. The summed E-state index contributed by atoms with van der Waals surface area (Å²) >= 11 is 0. The van der Waals surface area contributed by atoms with Crippen molar-refractivity contribution < 1.29 is 13.9 Å². The van der Waals surface area contributed by atoms with Gasteiger partial charge in [0, 0.05) is 32.7 Å². The molecule has 0 spiro atoms. The van der Waals surface area contributed by atoms with E-state index in [0.717, 1.165) is 38.5 Å². The number of amides is 1. The summed E-state index contributed by atoms with van der Waals surface area (Å²) in [6, 6.07) is 16.0. The van der Waals surface area contributed by atoms with E-state index in [1.165, 1.54) is 6.07 Å². The highest BCUT2D eigenvalue weighted by atomic mass is 19.1. The van der Waals surface area contributed by atoms with Crippen LogP contribution in [0.3, 0.4) is 0 Å². The zero-order valence-corrected chi connectivity index (χ0v) is 14.7. The van der Waals surface area contributed by atoms with Crippen LogP contribution in [0, 0.1) is 5.82 Å². The molecule has 3 rings (SSSR count). The number of piperazine rings is 1. The smallest absolute Gasteiger partial charge is 0.238 e. The number of nitrogens with one attached hydrogen (secondary N) is 1. The van der Waals surface area contributed by atoms with Crippen LogP contribution in [0.1, 0.15) is 0 Å². The molecule has 0 atom stereocenters. The maximum Gasteiger partial charge on any atom is 0.238 e. The van der Waals surface area contributed by atoms with Crippen molar-refractivity contribution in [3.63, 3.8) is 0 Å². The number of nitrogens with zero attached hydrogens (tertiary/aromatic N) is 2. The molecule has 0 saturated carbocycles. The molecule has 26 heavy (non-hydrogen) atoms. The third-order valence-electron chi connectivity index (χ3n) is 4.40. The van der Waals surface area contributed by atoms with E-state index in [-0.39, 0.29) is 18.1 Å². The monoisotopic (exact) mass is 357 g/mol. The lowest BCUT2D eigenvalue weighted by Gasteiger charge is -2.34. The molecule has 5 nitrogen and oxygen atoms in total. The van der Waals surface area contributed by atoms with Gasteiger partial charge in [-0.05, 0) is 24.3 Å². The van der Waals surface area contributed by atoms with Crippen molar-refractivity contribution in [2.45, 2.75) is 0 Å². The highest BCUT2D eigenvalue weighted by Gasteiger charge is 2.19. The predicted molar refractivity (Wildman–Crippen MR) is 99.8 cm³/mol. The molecule has 2 aromatic rings. The molecule has 138 valence electrons. The maximum absolute atomic E-state index is 13.6. The van der Waals surface area contributed by atoms with Gasteiger partial charge in [0.05, 0.1) is 12.2 Å². The number of benzene rings is 2. The van der Waals surface area contributed by atoms with Crippen molar-refractivity contribution in [2.75, 3.05) is 51.2 Å². The van der Waals surface area contributed by atoms with Crippen molar-refractivity contribution in [3.05, 3.63) is 60.4 Å². The van der Waals surface area contributed by atoms with E-state index in [1.807, 2.05) is 30.3 Å². The van der Waals surface area contributed by atoms with Gasteiger partial charge < -0.3 is 10.1 Å². The van der Waals surface area contributed by atoms with Gasteiger partial charge in [-0.2, -0.15) is 0 Å². The highest BCUT2D eigenvalue weighted by Crippen LogP contribution is 2.12. The summed E-state index contributed by atoms with van der Waals surface area (Å²) in [6.07, 6.45) is 0. The molecular formula is C20H24FN3O2. The van der Waals surface area contributed by atoms with E-state index in [4.69, 9.17) is 4.74 Å². The second-order valence-corrected chi connectivity index (χ2v) is 6.31. The molecule has 1 aliphatic rings. The van der Waals surface area contributed by atoms with Crippen LogP contribution in [-0.4, -0.2) is 61.6 Å². The number of rotatable bonds is 7. The van der Waals surface area contributed by atoms with E-state index >= 15 is 0 Å². The van der Waals surface area contributed by atoms with Crippen LogP contribution in [0.4, 0.5) is 10.1 Å². The Labute approximate surface area is 153 Å². The number of para-hydroxylation sites is 2. The molecule has 1 saturated heterocycles. The Bertz CT molecular complexity index is 703. The van der Waals surface area contributed by atoms with Gasteiger partial charge in [-0.15, -0.1) is 0 Å². The van der Waals surface area contributed by atoms with Crippen LogP contribution in [-0.2, 0) is 4.79 Å². The van der Waals surface area contributed by atoms with Crippen LogP contribution in [0.25, 0.3) is 0 Å². The molecular weight excluding hydrogens is 333 g/mol. The molecule has 1 heterocycles. The number of hydrogen-bond acceptors (Lipinski definition) is 4. The highest BCUT2D eigenvalue weighted by molar-refractivity contribution is 5.92. The minimum atomic E-state index is -0.413. The van der Waals surface area contributed by atoms with Crippen molar-refractivity contribution in [2.24, 2.45) is 0 Å².